The third-order valence-electron chi connectivity index (χ3n) is 14.5. The Morgan fingerprint density at radius 2 is 0.761 bits per heavy atom. The second kappa shape index (κ2) is 16.6. The number of rotatable bonds is 8. The van der Waals surface area contributed by atoms with Gasteiger partial charge in [0.05, 0.1) is 16.8 Å². The van der Waals surface area contributed by atoms with Gasteiger partial charge in [0, 0.05) is 65.2 Å². The standard InChI is InChI=1S/C67H44N2OS/c1-3-19-45(20-4-1)46-35-37-48(38-36-46)69(50-39-41-64-60(44-50)67(59-30-14-17-33-63(59)70-64)57-28-12-7-23-51(57)52-24-8-13-29-58(52)67)62-32-16-10-26-54(62)53-25-9-15-31-61(53)68(47-21-5-2-6-22-47)49-40-42-66-56(43-49)55-27-11-18-34-65(55)71-66/h1-44H. The van der Waals surface area contributed by atoms with Crippen LogP contribution in [0.1, 0.15) is 22.3 Å². The van der Waals surface area contributed by atoms with E-state index in [4.69, 9.17) is 4.74 Å². The minimum atomic E-state index is -0.618. The Bertz CT molecular complexity index is 3940. The summed E-state index contributed by atoms with van der Waals surface area (Å²) in [6.07, 6.45) is 0. The summed E-state index contributed by atoms with van der Waals surface area (Å²) in [6, 6.07) is 97.1. The third-order valence-corrected chi connectivity index (χ3v) is 15.7. The van der Waals surface area contributed by atoms with Crippen molar-refractivity contribution in [3.05, 3.63) is 289 Å². The van der Waals surface area contributed by atoms with Crippen molar-refractivity contribution in [1.29, 1.82) is 0 Å². The van der Waals surface area contributed by atoms with Gasteiger partial charge in [0.2, 0.25) is 0 Å². The molecule has 0 N–H and O–H groups in total. The molecule has 2 aliphatic rings. The Hall–Kier alpha value is -8.96. The highest BCUT2D eigenvalue weighted by Gasteiger charge is 2.51. The van der Waals surface area contributed by atoms with E-state index in [9.17, 15) is 0 Å². The number of anilines is 6. The summed E-state index contributed by atoms with van der Waals surface area (Å²) in [4.78, 5) is 4.86. The van der Waals surface area contributed by atoms with Crippen LogP contribution in [-0.2, 0) is 5.41 Å². The Balaban J connectivity index is 0.996. The normalized spacial score (nSPS) is 12.7. The molecular formula is C67H44N2OS. The molecule has 1 spiro atoms. The van der Waals surface area contributed by atoms with Crippen LogP contribution in [0.5, 0.6) is 11.5 Å². The molecule has 0 radical (unpaired) electrons. The van der Waals surface area contributed by atoms with E-state index < -0.39 is 5.41 Å². The molecule has 0 saturated heterocycles. The molecule has 71 heavy (non-hydrogen) atoms. The largest absolute Gasteiger partial charge is 0.457 e. The summed E-state index contributed by atoms with van der Waals surface area (Å²) in [5.41, 5.74) is 17.6. The zero-order valence-electron chi connectivity index (χ0n) is 38.6. The van der Waals surface area contributed by atoms with Gasteiger partial charge in [-0.25, -0.2) is 0 Å². The second-order valence-electron chi connectivity index (χ2n) is 18.4. The number of fused-ring (bicyclic) bond motifs is 12. The number of para-hydroxylation sites is 4. The van der Waals surface area contributed by atoms with Crippen molar-refractivity contribution in [1.82, 2.24) is 0 Å². The molecule has 0 amide bonds. The molecule has 14 rings (SSSR count). The first-order valence-electron chi connectivity index (χ1n) is 24.2. The first-order chi connectivity index (χ1) is 35.2. The van der Waals surface area contributed by atoms with Gasteiger partial charge in [-0.15, -0.1) is 11.3 Å². The number of nitrogens with zero attached hydrogens (tertiary/aromatic N) is 2. The molecule has 12 aromatic rings. The molecular weight excluding hydrogens is 881 g/mol. The van der Waals surface area contributed by atoms with E-state index in [2.05, 4.69) is 277 Å². The molecule has 0 bridgehead atoms. The molecule has 11 aromatic carbocycles. The molecule has 3 nitrogen and oxygen atoms in total. The Kier molecular flexibility index (Phi) is 9.61. The van der Waals surface area contributed by atoms with Crippen LogP contribution in [0.15, 0.2) is 267 Å². The van der Waals surface area contributed by atoms with Crippen LogP contribution in [-0.4, -0.2) is 0 Å². The average molecular weight is 925 g/mol. The van der Waals surface area contributed by atoms with Crippen LogP contribution >= 0.6 is 11.3 Å². The Labute approximate surface area is 417 Å². The number of benzene rings is 11. The lowest BCUT2D eigenvalue weighted by atomic mass is 9.66. The lowest BCUT2D eigenvalue weighted by molar-refractivity contribution is 0.436. The van der Waals surface area contributed by atoms with E-state index in [1.54, 1.807) is 0 Å². The highest BCUT2D eigenvalue weighted by Crippen LogP contribution is 2.63. The Morgan fingerprint density at radius 3 is 1.45 bits per heavy atom. The minimum Gasteiger partial charge on any atom is -0.457 e. The molecule has 1 aliphatic carbocycles. The van der Waals surface area contributed by atoms with Crippen molar-refractivity contribution < 1.29 is 4.74 Å². The summed E-state index contributed by atoms with van der Waals surface area (Å²) in [5.74, 6) is 1.73. The van der Waals surface area contributed by atoms with Gasteiger partial charge >= 0.3 is 0 Å². The van der Waals surface area contributed by atoms with Crippen LogP contribution in [0.4, 0.5) is 34.1 Å². The predicted octanol–water partition coefficient (Wildman–Crippen LogP) is 18.8. The van der Waals surface area contributed by atoms with Crippen LogP contribution in [0, 0.1) is 0 Å². The van der Waals surface area contributed by atoms with E-state index >= 15 is 0 Å². The highest BCUT2D eigenvalue weighted by atomic mass is 32.1. The van der Waals surface area contributed by atoms with Gasteiger partial charge in [-0.1, -0.05) is 182 Å². The van der Waals surface area contributed by atoms with Gasteiger partial charge in [-0.2, -0.15) is 0 Å². The van der Waals surface area contributed by atoms with Gasteiger partial charge in [0.25, 0.3) is 0 Å². The third kappa shape index (κ3) is 6.49. The van der Waals surface area contributed by atoms with Crippen molar-refractivity contribution in [2.45, 2.75) is 5.41 Å². The van der Waals surface area contributed by atoms with Crippen molar-refractivity contribution in [2.24, 2.45) is 0 Å². The fourth-order valence-electron chi connectivity index (χ4n) is 11.5. The van der Waals surface area contributed by atoms with E-state index in [-0.39, 0.29) is 0 Å². The maximum atomic E-state index is 6.95. The fourth-order valence-corrected chi connectivity index (χ4v) is 12.6. The smallest absolute Gasteiger partial charge is 0.132 e. The van der Waals surface area contributed by atoms with Gasteiger partial charge in [-0.05, 0) is 118 Å². The first kappa shape index (κ1) is 41.1. The van der Waals surface area contributed by atoms with E-state index in [0.29, 0.717) is 0 Å². The lowest BCUT2D eigenvalue weighted by Gasteiger charge is -2.40. The quantitative estimate of drug-likeness (QED) is 0.151. The number of hydrogen-bond acceptors (Lipinski definition) is 4. The van der Waals surface area contributed by atoms with Crippen LogP contribution in [0.25, 0.3) is 53.6 Å². The van der Waals surface area contributed by atoms with Crippen LogP contribution in [0.2, 0.25) is 0 Å². The van der Waals surface area contributed by atoms with E-state index in [0.717, 1.165) is 73.4 Å². The van der Waals surface area contributed by atoms with Gasteiger partial charge in [-0.3, -0.25) is 0 Å². The summed E-state index contributed by atoms with van der Waals surface area (Å²) in [7, 11) is 0. The first-order valence-corrected chi connectivity index (χ1v) is 25.1. The molecule has 0 unspecified atom stereocenters. The molecule has 4 heteroatoms. The highest BCUT2D eigenvalue weighted by molar-refractivity contribution is 7.25. The van der Waals surface area contributed by atoms with Gasteiger partial charge in [0.1, 0.15) is 11.5 Å². The topological polar surface area (TPSA) is 15.7 Å². The summed E-state index contributed by atoms with van der Waals surface area (Å²) >= 11 is 1.85. The van der Waals surface area contributed by atoms with E-state index in [1.807, 2.05) is 11.3 Å². The van der Waals surface area contributed by atoms with Crippen molar-refractivity contribution >= 4 is 65.6 Å². The molecule has 0 atom stereocenters. The lowest BCUT2D eigenvalue weighted by Crippen LogP contribution is -2.32. The maximum absolute atomic E-state index is 6.95. The number of thiophene rings is 1. The van der Waals surface area contributed by atoms with Crippen molar-refractivity contribution in [3.8, 4) is 44.9 Å². The van der Waals surface area contributed by atoms with Crippen LogP contribution in [0.3, 0.4) is 0 Å². The summed E-state index contributed by atoms with van der Waals surface area (Å²) in [5, 5.41) is 2.54. The summed E-state index contributed by atoms with van der Waals surface area (Å²) in [6.45, 7) is 0. The number of hydrogen-bond donors (Lipinski definition) is 0. The van der Waals surface area contributed by atoms with Crippen molar-refractivity contribution in [3.63, 3.8) is 0 Å². The minimum absolute atomic E-state index is 0.618. The molecule has 0 fully saturated rings. The van der Waals surface area contributed by atoms with Gasteiger partial charge in [0.15, 0.2) is 0 Å². The Morgan fingerprint density at radius 1 is 0.296 bits per heavy atom. The molecule has 2 heterocycles. The second-order valence-corrected chi connectivity index (χ2v) is 19.4. The van der Waals surface area contributed by atoms with Gasteiger partial charge < -0.3 is 14.5 Å². The number of ether oxygens (including phenoxy) is 1. The summed E-state index contributed by atoms with van der Waals surface area (Å²) < 4.78 is 9.52. The molecule has 0 saturated carbocycles. The van der Waals surface area contributed by atoms with Crippen LogP contribution < -0.4 is 14.5 Å². The molecule has 334 valence electrons. The molecule has 1 aromatic heterocycles. The van der Waals surface area contributed by atoms with E-state index in [1.165, 1.54) is 48.0 Å². The molecule has 1 aliphatic heterocycles. The predicted molar refractivity (Wildman–Crippen MR) is 297 cm³/mol. The average Bonchev–Trinajstić information content (AvgIpc) is 3.96. The monoisotopic (exact) mass is 924 g/mol. The zero-order valence-corrected chi connectivity index (χ0v) is 39.4. The fraction of sp³-hybridized carbons (Fsp3) is 0.0149. The zero-order chi connectivity index (χ0) is 46.9. The SMILES string of the molecule is c1ccc(-c2ccc(N(c3ccc4c(c3)C3(c5ccccc5O4)c4ccccc4-c4ccccc43)c3ccccc3-c3ccccc3N(c3ccccc3)c3ccc4sc5ccccc5c4c3)cc2)cc1. The maximum Gasteiger partial charge on any atom is 0.132 e. The van der Waals surface area contributed by atoms with Crippen molar-refractivity contribution in [2.75, 3.05) is 9.80 Å².